The van der Waals surface area contributed by atoms with Crippen LogP contribution in [0.3, 0.4) is 0 Å². The monoisotopic (exact) mass is 538 g/mol. The fourth-order valence-electron chi connectivity index (χ4n) is 7.32. The minimum Gasteiger partial charge on any atom is -0.394 e. The standard InChI is InChI=1S/C31H42N2O4S/c1-18-25-14-23(31(25,3)4)15-26(18)32-30(36)29-28(19(2)35)27(17-34)37-33(29)16-20-8-6-9-21(12-20)22-10-7-11-24(13-22)38-5/h6-13,18-19,23,25-29,34-35H,14-17H2,1-5H3,(H,32,36)/t18-,19-,23+,25-,26-,27-,28+,29-/m0/s1. The summed E-state index contributed by atoms with van der Waals surface area (Å²) < 4.78 is 0. The summed E-state index contributed by atoms with van der Waals surface area (Å²) >= 11 is 1.71. The molecular weight excluding hydrogens is 496 g/mol. The molecule has 2 aromatic carbocycles. The summed E-state index contributed by atoms with van der Waals surface area (Å²) in [5.74, 6) is 1.02. The highest BCUT2D eigenvalue weighted by atomic mass is 32.2. The highest BCUT2D eigenvalue weighted by molar-refractivity contribution is 7.98. The molecule has 1 saturated heterocycles. The van der Waals surface area contributed by atoms with E-state index in [0.29, 0.717) is 29.7 Å². The second-order valence-electron chi connectivity index (χ2n) is 12.2. The lowest BCUT2D eigenvalue weighted by Gasteiger charge is -2.62. The largest absolute Gasteiger partial charge is 0.394 e. The summed E-state index contributed by atoms with van der Waals surface area (Å²) in [7, 11) is 0. The van der Waals surface area contributed by atoms with Crippen LogP contribution in [0, 0.1) is 29.1 Å². The van der Waals surface area contributed by atoms with Crippen molar-refractivity contribution in [3.63, 3.8) is 0 Å². The summed E-state index contributed by atoms with van der Waals surface area (Å²) in [6, 6.07) is 16.1. The number of hydrogen-bond donors (Lipinski definition) is 3. The fraction of sp³-hybridized carbons (Fsp3) is 0.581. The number of nitrogens with one attached hydrogen (secondary N) is 1. The quantitative estimate of drug-likeness (QED) is 0.422. The van der Waals surface area contributed by atoms with Crippen LogP contribution in [0.25, 0.3) is 11.1 Å². The smallest absolute Gasteiger partial charge is 0.240 e. The first-order chi connectivity index (χ1) is 18.1. The molecule has 1 aliphatic heterocycles. The number of thioether (sulfide) groups is 1. The first-order valence-electron chi connectivity index (χ1n) is 13.9. The van der Waals surface area contributed by atoms with Gasteiger partial charge in [0, 0.05) is 16.9 Å². The number of amides is 1. The van der Waals surface area contributed by atoms with Gasteiger partial charge in [-0.05, 0) is 84.1 Å². The van der Waals surface area contributed by atoms with E-state index in [1.165, 1.54) is 11.3 Å². The topological polar surface area (TPSA) is 82.0 Å². The van der Waals surface area contributed by atoms with Crippen LogP contribution in [0.15, 0.2) is 53.4 Å². The van der Waals surface area contributed by atoms with Crippen molar-refractivity contribution in [2.24, 2.45) is 29.1 Å². The van der Waals surface area contributed by atoms with Crippen molar-refractivity contribution in [2.75, 3.05) is 12.9 Å². The van der Waals surface area contributed by atoms with Gasteiger partial charge in [-0.1, -0.05) is 51.1 Å². The van der Waals surface area contributed by atoms with E-state index >= 15 is 0 Å². The van der Waals surface area contributed by atoms with Gasteiger partial charge in [0.05, 0.1) is 19.3 Å². The summed E-state index contributed by atoms with van der Waals surface area (Å²) in [4.78, 5) is 21.2. The lowest BCUT2D eigenvalue weighted by molar-refractivity contribution is -0.183. The summed E-state index contributed by atoms with van der Waals surface area (Å²) in [5.41, 5.74) is 3.58. The Morgan fingerprint density at radius 3 is 2.53 bits per heavy atom. The van der Waals surface area contributed by atoms with Gasteiger partial charge in [-0.25, -0.2) is 0 Å². The zero-order valence-electron chi connectivity index (χ0n) is 23.1. The van der Waals surface area contributed by atoms with Gasteiger partial charge >= 0.3 is 0 Å². The predicted molar refractivity (Wildman–Crippen MR) is 151 cm³/mol. The number of nitrogens with zero attached hydrogens (tertiary/aromatic N) is 1. The first-order valence-corrected chi connectivity index (χ1v) is 15.1. The normalized spacial score (nSPS) is 33.0. The third-order valence-electron chi connectivity index (χ3n) is 9.73. The van der Waals surface area contributed by atoms with Crippen LogP contribution in [-0.4, -0.2) is 58.3 Å². The molecule has 1 amide bonds. The van der Waals surface area contributed by atoms with E-state index in [4.69, 9.17) is 4.84 Å². The molecule has 2 aromatic rings. The van der Waals surface area contributed by atoms with Crippen LogP contribution in [0.5, 0.6) is 0 Å². The number of benzene rings is 2. The second kappa shape index (κ2) is 10.9. The summed E-state index contributed by atoms with van der Waals surface area (Å²) in [5, 5.41) is 25.8. The van der Waals surface area contributed by atoms with E-state index in [9.17, 15) is 15.0 Å². The predicted octanol–water partition coefficient (Wildman–Crippen LogP) is 4.74. The molecule has 7 heteroatoms. The highest BCUT2D eigenvalue weighted by Crippen LogP contribution is 2.61. The van der Waals surface area contributed by atoms with Crippen LogP contribution in [0.2, 0.25) is 0 Å². The lowest BCUT2D eigenvalue weighted by atomic mass is 9.45. The van der Waals surface area contributed by atoms with Crippen molar-refractivity contribution in [1.82, 2.24) is 10.4 Å². The number of aliphatic hydroxyl groups is 2. The minimum absolute atomic E-state index is 0.119. The van der Waals surface area contributed by atoms with Crippen LogP contribution in [-0.2, 0) is 16.2 Å². The van der Waals surface area contributed by atoms with E-state index in [1.807, 2.05) is 12.1 Å². The maximum absolute atomic E-state index is 13.9. The maximum atomic E-state index is 13.9. The molecule has 8 atom stereocenters. The third kappa shape index (κ3) is 5.04. The Hall–Kier alpha value is -1.90. The molecule has 1 heterocycles. The SMILES string of the molecule is CSc1cccc(-c2cccc(CN3O[C@@H](CO)[C@@H]([C@H](C)O)[C@H]3C(=O)N[C@H]3C[C@H]4C[C@@H]([C@@H]3C)C4(C)C)c2)c1. The Kier molecular flexibility index (Phi) is 7.96. The molecule has 3 N–H and O–H groups in total. The van der Waals surface area contributed by atoms with Gasteiger partial charge in [-0.15, -0.1) is 11.8 Å². The van der Waals surface area contributed by atoms with E-state index in [-0.39, 0.29) is 18.6 Å². The fourth-order valence-corrected chi connectivity index (χ4v) is 7.78. The molecule has 0 aromatic heterocycles. The maximum Gasteiger partial charge on any atom is 0.240 e. The zero-order chi connectivity index (χ0) is 27.2. The van der Waals surface area contributed by atoms with Gasteiger partial charge in [0.15, 0.2) is 0 Å². The second-order valence-corrected chi connectivity index (χ2v) is 13.0. The Morgan fingerprint density at radius 1 is 1.18 bits per heavy atom. The highest BCUT2D eigenvalue weighted by Gasteiger charge is 2.57. The average Bonchev–Trinajstić information content (AvgIpc) is 3.28. The molecule has 4 fully saturated rings. The Balaban J connectivity index is 1.37. The number of aliphatic hydroxyl groups excluding tert-OH is 2. The van der Waals surface area contributed by atoms with E-state index in [2.05, 4.69) is 68.7 Å². The molecule has 3 aliphatic carbocycles. The van der Waals surface area contributed by atoms with Gasteiger partial charge in [0.2, 0.25) is 5.91 Å². The number of hydroxylamine groups is 2. The molecule has 38 heavy (non-hydrogen) atoms. The number of rotatable bonds is 8. The van der Waals surface area contributed by atoms with Gasteiger partial charge in [0.25, 0.3) is 0 Å². The Morgan fingerprint density at radius 2 is 1.89 bits per heavy atom. The average molecular weight is 539 g/mol. The molecule has 4 aliphatic rings. The number of hydrogen-bond acceptors (Lipinski definition) is 6. The minimum atomic E-state index is -0.801. The van der Waals surface area contributed by atoms with Crippen molar-refractivity contribution in [3.05, 3.63) is 54.1 Å². The molecule has 3 saturated carbocycles. The molecule has 206 valence electrons. The van der Waals surface area contributed by atoms with Crippen molar-refractivity contribution >= 4 is 17.7 Å². The molecule has 0 unspecified atom stereocenters. The van der Waals surface area contributed by atoms with Crippen molar-refractivity contribution in [3.8, 4) is 11.1 Å². The molecule has 0 radical (unpaired) electrons. The lowest BCUT2D eigenvalue weighted by Crippen LogP contribution is -2.62. The third-order valence-corrected chi connectivity index (χ3v) is 10.5. The van der Waals surface area contributed by atoms with Crippen LogP contribution in [0.4, 0.5) is 0 Å². The molecule has 0 spiro atoms. The number of carbonyl (C=O) groups excluding carboxylic acids is 1. The van der Waals surface area contributed by atoms with Crippen molar-refractivity contribution in [2.45, 2.75) is 76.3 Å². The Bertz CT molecular complexity index is 1150. The van der Waals surface area contributed by atoms with E-state index < -0.39 is 24.2 Å². The van der Waals surface area contributed by atoms with Crippen LogP contribution < -0.4 is 5.32 Å². The van der Waals surface area contributed by atoms with Crippen molar-refractivity contribution < 1.29 is 19.8 Å². The first kappa shape index (κ1) is 27.7. The number of fused-ring (bicyclic) bond motifs is 2. The van der Waals surface area contributed by atoms with Crippen LogP contribution >= 0.6 is 11.8 Å². The van der Waals surface area contributed by atoms with Gasteiger partial charge in [-0.3, -0.25) is 9.63 Å². The van der Waals surface area contributed by atoms with Gasteiger partial charge < -0.3 is 15.5 Å². The number of carbonyl (C=O) groups is 1. The molecular formula is C31H42N2O4S. The molecule has 2 bridgehead atoms. The van der Waals surface area contributed by atoms with Gasteiger partial charge in [0.1, 0.15) is 12.1 Å². The zero-order valence-corrected chi connectivity index (χ0v) is 23.9. The summed E-state index contributed by atoms with van der Waals surface area (Å²) in [6.45, 7) is 8.78. The van der Waals surface area contributed by atoms with E-state index in [1.54, 1.807) is 23.7 Å². The Labute approximate surface area is 231 Å². The van der Waals surface area contributed by atoms with Crippen molar-refractivity contribution in [1.29, 1.82) is 0 Å². The summed E-state index contributed by atoms with van der Waals surface area (Å²) in [6.07, 6.45) is 2.87. The molecule has 6 rings (SSSR count). The van der Waals surface area contributed by atoms with Gasteiger partial charge in [-0.2, -0.15) is 5.06 Å². The van der Waals surface area contributed by atoms with Crippen LogP contribution in [0.1, 0.15) is 46.1 Å². The van der Waals surface area contributed by atoms with E-state index in [0.717, 1.165) is 23.1 Å². The molecule has 6 nitrogen and oxygen atoms in total.